The van der Waals surface area contributed by atoms with Gasteiger partial charge >= 0.3 is 6.98 Å². The summed E-state index contributed by atoms with van der Waals surface area (Å²) in [6.45, 7) is -2.82. The van der Waals surface area contributed by atoms with Crippen LogP contribution in [0.1, 0.15) is 31.7 Å². The Morgan fingerprint density at radius 3 is 2.25 bits per heavy atom. The maximum absolute atomic E-state index is 12.3. The van der Waals surface area contributed by atoms with Crippen molar-refractivity contribution in [3.8, 4) is 11.8 Å². The number of benzene rings is 1. The van der Waals surface area contributed by atoms with E-state index in [0.29, 0.717) is 5.56 Å². The quantitative estimate of drug-likeness (QED) is 0.420. The van der Waals surface area contributed by atoms with E-state index in [1.807, 2.05) is 0 Å². The van der Waals surface area contributed by atoms with Gasteiger partial charge in [-0.25, -0.2) is 0 Å². The van der Waals surface area contributed by atoms with Gasteiger partial charge in [0.1, 0.15) is 0 Å². The summed E-state index contributed by atoms with van der Waals surface area (Å²) in [6.07, 6.45) is 2.89. The molecule has 0 unspecified atom stereocenters. The molecule has 0 heterocycles. The Labute approximate surface area is 93.9 Å². The van der Waals surface area contributed by atoms with Crippen molar-refractivity contribution >= 4 is 12.4 Å². The van der Waals surface area contributed by atoms with E-state index in [0.717, 1.165) is 31.4 Å². The number of halogens is 3. The maximum Gasteiger partial charge on any atom is 0.509 e. The van der Waals surface area contributed by atoms with Crippen molar-refractivity contribution in [1.29, 1.82) is 0 Å². The lowest BCUT2D eigenvalue weighted by Gasteiger charge is -2.13. The van der Waals surface area contributed by atoms with Crippen LogP contribution in [0, 0.1) is 11.8 Å². The smallest absolute Gasteiger partial charge is 0.445 e. The largest absolute Gasteiger partial charge is 0.509 e. The van der Waals surface area contributed by atoms with E-state index in [9.17, 15) is 12.9 Å². The van der Waals surface area contributed by atoms with E-state index in [4.69, 9.17) is 0 Å². The van der Waals surface area contributed by atoms with Crippen LogP contribution in [0.15, 0.2) is 24.3 Å². The highest BCUT2D eigenvalue weighted by atomic mass is 19.4. The average Bonchev–Trinajstić information content (AvgIpc) is 2.24. The highest BCUT2D eigenvalue weighted by Gasteiger charge is 2.24. The molecule has 0 aromatic heterocycles. The molecule has 0 bridgehead atoms. The molecule has 86 valence electrons. The third-order valence-corrected chi connectivity index (χ3v) is 2.18. The molecule has 0 fully saturated rings. The van der Waals surface area contributed by atoms with Crippen molar-refractivity contribution in [2.24, 2.45) is 0 Å². The van der Waals surface area contributed by atoms with E-state index in [2.05, 4.69) is 18.8 Å². The van der Waals surface area contributed by atoms with Crippen LogP contribution in [-0.2, 0) is 0 Å². The van der Waals surface area contributed by atoms with Crippen LogP contribution >= 0.6 is 0 Å². The zero-order chi connectivity index (χ0) is 12.0. The number of unbranched alkanes of at least 4 members (excludes halogenated alkanes) is 2. The molecule has 0 saturated carbocycles. The number of rotatable bonds is 3. The second-order valence-corrected chi connectivity index (χ2v) is 3.60. The SMILES string of the molecule is CCCCC#Cc1ccc([B-](F)(F)F)cc1. The highest BCUT2D eigenvalue weighted by Crippen LogP contribution is 2.09. The molecule has 0 aliphatic rings. The highest BCUT2D eigenvalue weighted by molar-refractivity contribution is 6.73. The van der Waals surface area contributed by atoms with Crippen molar-refractivity contribution in [1.82, 2.24) is 0 Å². The van der Waals surface area contributed by atoms with Crippen LogP contribution in [0.5, 0.6) is 0 Å². The van der Waals surface area contributed by atoms with Crippen molar-refractivity contribution in [3.05, 3.63) is 29.8 Å². The van der Waals surface area contributed by atoms with E-state index in [1.165, 1.54) is 12.1 Å². The van der Waals surface area contributed by atoms with Crippen molar-refractivity contribution in [2.45, 2.75) is 26.2 Å². The third-order valence-electron chi connectivity index (χ3n) is 2.18. The molecule has 0 radical (unpaired) electrons. The first-order chi connectivity index (χ1) is 7.54. The van der Waals surface area contributed by atoms with Gasteiger partial charge in [-0.1, -0.05) is 37.3 Å². The summed E-state index contributed by atoms with van der Waals surface area (Å²) in [5.41, 5.74) is 0.0685. The van der Waals surface area contributed by atoms with Crippen LogP contribution in [-0.4, -0.2) is 6.98 Å². The fourth-order valence-corrected chi connectivity index (χ4v) is 1.21. The Morgan fingerprint density at radius 1 is 1.12 bits per heavy atom. The molecular formula is C12H13BF3-. The van der Waals surface area contributed by atoms with Gasteiger partial charge in [0, 0.05) is 12.0 Å². The molecular weight excluding hydrogens is 212 g/mol. The summed E-state index contributed by atoms with van der Waals surface area (Å²) in [5.74, 6) is 5.78. The summed E-state index contributed by atoms with van der Waals surface area (Å²) in [4.78, 5) is 0. The van der Waals surface area contributed by atoms with Gasteiger partial charge < -0.3 is 12.9 Å². The fraction of sp³-hybridized carbons (Fsp3) is 0.333. The lowest BCUT2D eigenvalue weighted by molar-refractivity contribution is 0.501. The normalized spacial score (nSPS) is 10.8. The minimum absolute atomic E-state index is 0.570. The van der Waals surface area contributed by atoms with Gasteiger partial charge in [0.25, 0.3) is 0 Å². The first-order valence-corrected chi connectivity index (χ1v) is 5.33. The molecule has 0 nitrogen and oxygen atoms in total. The second-order valence-electron chi connectivity index (χ2n) is 3.60. The zero-order valence-electron chi connectivity index (χ0n) is 9.14. The summed E-state index contributed by atoms with van der Waals surface area (Å²) < 4.78 is 36.9. The first kappa shape index (κ1) is 12.7. The molecule has 0 N–H and O–H groups in total. The molecule has 0 aliphatic heterocycles. The minimum Gasteiger partial charge on any atom is -0.445 e. The lowest BCUT2D eigenvalue weighted by Crippen LogP contribution is -2.33. The molecule has 1 aromatic rings. The second kappa shape index (κ2) is 5.65. The van der Waals surface area contributed by atoms with Crippen molar-refractivity contribution < 1.29 is 12.9 Å². The Morgan fingerprint density at radius 2 is 1.75 bits per heavy atom. The summed E-state index contributed by atoms with van der Waals surface area (Å²) >= 11 is 0. The molecule has 1 aromatic carbocycles. The number of hydrogen-bond acceptors (Lipinski definition) is 0. The van der Waals surface area contributed by atoms with E-state index < -0.39 is 12.4 Å². The summed E-state index contributed by atoms with van der Waals surface area (Å²) in [5, 5.41) is 0. The summed E-state index contributed by atoms with van der Waals surface area (Å²) in [6, 6.07) is 5.01. The monoisotopic (exact) mass is 225 g/mol. The third kappa shape index (κ3) is 4.02. The Kier molecular flexibility index (Phi) is 4.48. The fourth-order valence-electron chi connectivity index (χ4n) is 1.21. The Bertz CT molecular complexity index is 381. The van der Waals surface area contributed by atoms with Gasteiger partial charge in [-0.3, -0.25) is 0 Å². The molecule has 0 amide bonds. The van der Waals surface area contributed by atoms with Gasteiger partial charge in [-0.15, -0.1) is 5.46 Å². The van der Waals surface area contributed by atoms with Crippen LogP contribution in [0.3, 0.4) is 0 Å². The van der Waals surface area contributed by atoms with Gasteiger partial charge in [0.05, 0.1) is 0 Å². The van der Waals surface area contributed by atoms with Gasteiger partial charge in [-0.2, -0.15) is 0 Å². The molecule has 16 heavy (non-hydrogen) atoms. The molecule has 0 saturated heterocycles. The molecule has 0 atom stereocenters. The summed E-state index contributed by atoms with van der Waals surface area (Å²) in [7, 11) is 0. The Hall–Kier alpha value is -1.37. The van der Waals surface area contributed by atoms with Crippen LogP contribution in [0.2, 0.25) is 0 Å². The first-order valence-electron chi connectivity index (χ1n) is 5.33. The van der Waals surface area contributed by atoms with Crippen molar-refractivity contribution in [2.75, 3.05) is 0 Å². The number of hydrogen-bond donors (Lipinski definition) is 0. The van der Waals surface area contributed by atoms with Crippen LogP contribution < -0.4 is 5.46 Å². The predicted octanol–water partition coefficient (Wildman–Crippen LogP) is 3.28. The van der Waals surface area contributed by atoms with Gasteiger partial charge in [0.2, 0.25) is 0 Å². The zero-order valence-corrected chi connectivity index (χ0v) is 9.14. The van der Waals surface area contributed by atoms with Gasteiger partial charge in [0.15, 0.2) is 0 Å². The molecule has 4 heteroatoms. The standard InChI is InChI=1S/C12H13BF3/c1-2-3-4-5-6-11-7-9-12(10-8-11)13(14,15)16/h7-10H,2-4H2,1H3/q-1. The minimum atomic E-state index is -4.89. The molecule has 1 rings (SSSR count). The predicted molar refractivity (Wildman–Crippen MR) is 61.6 cm³/mol. The lowest BCUT2D eigenvalue weighted by atomic mass is 9.80. The van der Waals surface area contributed by atoms with Crippen molar-refractivity contribution in [3.63, 3.8) is 0 Å². The van der Waals surface area contributed by atoms with Gasteiger partial charge in [-0.05, 0) is 18.6 Å². The molecule has 0 spiro atoms. The van der Waals surface area contributed by atoms with Crippen LogP contribution in [0.25, 0.3) is 0 Å². The Balaban J connectivity index is 2.67. The van der Waals surface area contributed by atoms with E-state index in [1.54, 1.807) is 0 Å². The van der Waals surface area contributed by atoms with E-state index >= 15 is 0 Å². The maximum atomic E-state index is 12.3. The van der Waals surface area contributed by atoms with Crippen LogP contribution in [0.4, 0.5) is 12.9 Å². The molecule has 0 aliphatic carbocycles. The average molecular weight is 225 g/mol. The van der Waals surface area contributed by atoms with E-state index in [-0.39, 0.29) is 0 Å². The topological polar surface area (TPSA) is 0 Å².